The van der Waals surface area contributed by atoms with Gasteiger partial charge in [-0.15, -0.1) is 0 Å². The largest absolute Gasteiger partial charge is 0.475 e. The zero-order chi connectivity index (χ0) is 13.2. The van der Waals surface area contributed by atoms with E-state index in [-0.39, 0.29) is 11.6 Å². The smallest absolute Gasteiger partial charge is 0.271 e. The number of carbonyl (C=O) groups excluding carboxylic acids is 1. The zero-order valence-electron chi connectivity index (χ0n) is 10.5. The number of nitrogens with two attached hydrogens (primary N) is 1. The highest BCUT2D eigenvalue weighted by molar-refractivity contribution is 6.05. The molecule has 0 unspecified atom stereocenters. The predicted octanol–water partition coefficient (Wildman–Crippen LogP) is 2.08. The lowest BCUT2D eigenvalue weighted by atomic mass is 10.1. The monoisotopic (exact) mass is 262 g/mol. The van der Waals surface area contributed by atoms with Gasteiger partial charge in [-0.2, -0.15) is 0 Å². The van der Waals surface area contributed by atoms with Crippen LogP contribution in [0, 0.1) is 11.7 Å². The van der Waals surface area contributed by atoms with Crippen molar-refractivity contribution in [3.05, 3.63) is 17.9 Å². The fraction of sp³-hybridized carbons (Fsp3) is 0.500. The van der Waals surface area contributed by atoms with Gasteiger partial charge in [-0.05, 0) is 24.8 Å². The highest BCUT2D eigenvalue weighted by Crippen LogP contribution is 2.50. The molecule has 2 saturated carbocycles. The Labute approximate surface area is 110 Å². The minimum absolute atomic E-state index is 0.0120. The molecule has 5 heteroatoms. The van der Waals surface area contributed by atoms with E-state index in [2.05, 4.69) is 0 Å². The number of nitrogens with zero attached hydrogens (tertiary/aromatic N) is 1. The Balaban J connectivity index is 1.80. The topological polar surface area (TPSA) is 55.6 Å². The first-order valence-corrected chi connectivity index (χ1v) is 6.69. The molecule has 2 fully saturated rings. The van der Waals surface area contributed by atoms with E-state index in [0.717, 1.165) is 25.7 Å². The van der Waals surface area contributed by atoms with Crippen molar-refractivity contribution >= 4 is 17.3 Å². The van der Waals surface area contributed by atoms with Crippen molar-refractivity contribution in [1.82, 2.24) is 0 Å². The molecule has 2 aliphatic carbocycles. The second-order valence-corrected chi connectivity index (χ2v) is 5.80. The van der Waals surface area contributed by atoms with Crippen molar-refractivity contribution in [2.24, 2.45) is 5.92 Å². The molecule has 2 N–H and O–H groups in total. The van der Waals surface area contributed by atoms with E-state index in [0.29, 0.717) is 23.9 Å². The molecule has 0 bridgehead atoms. The summed E-state index contributed by atoms with van der Waals surface area (Å²) in [6, 6.07) is 2.82. The van der Waals surface area contributed by atoms with E-state index in [9.17, 15) is 9.18 Å². The Hall–Kier alpha value is -1.78. The minimum Gasteiger partial charge on any atom is -0.475 e. The number of hydrogen-bond acceptors (Lipinski definition) is 3. The summed E-state index contributed by atoms with van der Waals surface area (Å²) in [6.07, 6.45) is 3.75. The Morgan fingerprint density at radius 3 is 2.79 bits per heavy atom. The number of nitrogen functional groups attached to an aromatic ring is 1. The van der Waals surface area contributed by atoms with E-state index in [1.54, 1.807) is 4.90 Å². The number of anilines is 2. The van der Waals surface area contributed by atoms with Crippen LogP contribution in [0.4, 0.5) is 15.8 Å². The van der Waals surface area contributed by atoms with Crippen LogP contribution in [0.1, 0.15) is 25.7 Å². The average Bonchev–Trinajstić information content (AvgIpc) is 3.25. The lowest BCUT2D eigenvalue weighted by Crippen LogP contribution is -2.48. The molecule has 19 heavy (non-hydrogen) atoms. The number of ether oxygens (including phenoxy) is 1. The molecule has 1 aromatic rings. The van der Waals surface area contributed by atoms with Crippen molar-refractivity contribution in [2.75, 3.05) is 17.2 Å². The number of benzene rings is 1. The summed E-state index contributed by atoms with van der Waals surface area (Å²) in [5, 5.41) is 0. The standard InChI is InChI=1S/C14H15FN2O2/c15-9-5-12-11(6-10(9)16)17(7-8-1-2-8)13(18)14(19-12)3-4-14/h5-6,8H,1-4,7,16H2. The average molecular weight is 262 g/mol. The van der Waals surface area contributed by atoms with Gasteiger partial charge >= 0.3 is 0 Å². The third-order valence-corrected chi connectivity index (χ3v) is 4.15. The first kappa shape index (κ1) is 11.1. The van der Waals surface area contributed by atoms with Crippen LogP contribution < -0.4 is 15.4 Å². The molecule has 1 spiro atoms. The molecule has 1 aliphatic heterocycles. The Bertz CT molecular complexity index is 579. The highest BCUT2D eigenvalue weighted by Gasteiger charge is 2.58. The number of rotatable bonds is 2. The highest BCUT2D eigenvalue weighted by atomic mass is 19.1. The number of amides is 1. The van der Waals surface area contributed by atoms with Crippen LogP contribution in [0.15, 0.2) is 12.1 Å². The molecular weight excluding hydrogens is 247 g/mol. The fourth-order valence-corrected chi connectivity index (χ4v) is 2.63. The first-order valence-electron chi connectivity index (χ1n) is 6.69. The second-order valence-electron chi connectivity index (χ2n) is 5.80. The summed E-state index contributed by atoms with van der Waals surface area (Å²) >= 11 is 0. The summed E-state index contributed by atoms with van der Waals surface area (Å²) in [7, 11) is 0. The van der Waals surface area contributed by atoms with Gasteiger partial charge in [-0.25, -0.2) is 4.39 Å². The Kier molecular flexibility index (Phi) is 1.99. The van der Waals surface area contributed by atoms with Crippen LogP contribution in [0.3, 0.4) is 0 Å². The van der Waals surface area contributed by atoms with Crippen molar-refractivity contribution in [3.8, 4) is 5.75 Å². The van der Waals surface area contributed by atoms with Crippen molar-refractivity contribution in [3.63, 3.8) is 0 Å². The van der Waals surface area contributed by atoms with E-state index < -0.39 is 11.4 Å². The molecule has 0 atom stereocenters. The van der Waals surface area contributed by atoms with E-state index in [1.807, 2.05) is 0 Å². The van der Waals surface area contributed by atoms with E-state index >= 15 is 0 Å². The number of fused-ring (bicyclic) bond motifs is 1. The van der Waals surface area contributed by atoms with Gasteiger partial charge in [0.1, 0.15) is 11.6 Å². The summed E-state index contributed by atoms with van der Waals surface area (Å²) in [5.41, 5.74) is 5.57. The molecule has 3 aliphatic rings. The summed E-state index contributed by atoms with van der Waals surface area (Å²) in [6.45, 7) is 0.696. The minimum atomic E-state index is -0.718. The SMILES string of the molecule is Nc1cc2c(cc1F)OC1(CC1)C(=O)N2CC1CC1. The maximum Gasteiger partial charge on any atom is 0.271 e. The van der Waals surface area contributed by atoms with Crippen molar-refractivity contribution in [2.45, 2.75) is 31.3 Å². The lowest BCUT2D eigenvalue weighted by Gasteiger charge is -2.35. The molecule has 0 radical (unpaired) electrons. The van der Waals surface area contributed by atoms with Gasteiger partial charge in [0.2, 0.25) is 0 Å². The predicted molar refractivity (Wildman–Crippen MR) is 68.5 cm³/mol. The molecule has 4 rings (SSSR count). The fourth-order valence-electron chi connectivity index (χ4n) is 2.63. The zero-order valence-corrected chi connectivity index (χ0v) is 10.5. The molecule has 1 amide bonds. The Morgan fingerprint density at radius 1 is 1.42 bits per heavy atom. The molecule has 100 valence electrons. The number of halogens is 1. The maximum absolute atomic E-state index is 13.6. The van der Waals surface area contributed by atoms with E-state index in [4.69, 9.17) is 10.5 Å². The van der Waals surface area contributed by atoms with Crippen LogP contribution in [-0.4, -0.2) is 18.1 Å². The second kappa shape index (κ2) is 3.40. The van der Waals surface area contributed by atoms with Gasteiger partial charge in [-0.1, -0.05) is 0 Å². The summed E-state index contributed by atoms with van der Waals surface area (Å²) in [4.78, 5) is 14.2. The van der Waals surface area contributed by atoms with Gasteiger partial charge in [0.25, 0.3) is 5.91 Å². The quantitative estimate of drug-likeness (QED) is 0.830. The summed E-state index contributed by atoms with van der Waals surface area (Å²) in [5.74, 6) is 0.537. The Morgan fingerprint density at radius 2 is 2.16 bits per heavy atom. The van der Waals surface area contributed by atoms with Gasteiger partial charge in [-0.3, -0.25) is 4.79 Å². The number of hydrogen-bond donors (Lipinski definition) is 1. The molecule has 1 heterocycles. The molecule has 1 aromatic carbocycles. The van der Waals surface area contributed by atoms with Gasteiger partial charge in [0.15, 0.2) is 5.60 Å². The molecule has 0 aromatic heterocycles. The molecular formula is C14H15FN2O2. The number of carbonyl (C=O) groups is 1. The third-order valence-electron chi connectivity index (χ3n) is 4.15. The molecule has 4 nitrogen and oxygen atoms in total. The molecule has 0 saturated heterocycles. The first-order chi connectivity index (χ1) is 9.09. The van der Waals surface area contributed by atoms with Crippen molar-refractivity contribution in [1.29, 1.82) is 0 Å². The third kappa shape index (κ3) is 1.60. The van der Waals surface area contributed by atoms with Crippen LogP contribution in [0.2, 0.25) is 0 Å². The summed E-state index contributed by atoms with van der Waals surface area (Å²) < 4.78 is 19.3. The van der Waals surface area contributed by atoms with Crippen molar-refractivity contribution < 1.29 is 13.9 Å². The van der Waals surface area contributed by atoms with Gasteiger partial charge in [0.05, 0.1) is 11.4 Å². The van der Waals surface area contributed by atoms with Crippen LogP contribution >= 0.6 is 0 Å². The van der Waals surface area contributed by atoms with Crippen LogP contribution in [0.25, 0.3) is 0 Å². The van der Waals surface area contributed by atoms with Gasteiger partial charge < -0.3 is 15.4 Å². The maximum atomic E-state index is 13.6. The van der Waals surface area contributed by atoms with Gasteiger partial charge in [0, 0.05) is 25.5 Å². The van der Waals surface area contributed by atoms with Crippen LogP contribution in [-0.2, 0) is 4.79 Å². The normalized spacial score (nSPS) is 23.2. The van der Waals surface area contributed by atoms with E-state index in [1.165, 1.54) is 12.1 Å². The lowest BCUT2D eigenvalue weighted by molar-refractivity contribution is -0.128. The van der Waals surface area contributed by atoms with Crippen LogP contribution in [0.5, 0.6) is 5.75 Å².